The monoisotopic (exact) mass is 687 g/mol. The third-order valence-electron chi connectivity index (χ3n) is 8.02. The van der Waals surface area contributed by atoms with Crippen LogP contribution in [0.5, 0.6) is 17.2 Å². The minimum Gasteiger partial charge on any atom is -0.506 e. The number of carboxylic acids is 1. The van der Waals surface area contributed by atoms with E-state index in [1.807, 2.05) is 5.83 Å². The summed E-state index contributed by atoms with van der Waals surface area (Å²) in [4.78, 5) is 27.2. The Morgan fingerprint density at radius 1 is 1.12 bits per heavy atom. The summed E-state index contributed by atoms with van der Waals surface area (Å²) in [5.74, 6) is 0.788. The van der Waals surface area contributed by atoms with Gasteiger partial charge in [0, 0.05) is 47.5 Å². The number of allylic oxidation sites excluding steroid dienone is 4. The number of fused-ring (bicyclic) bond motifs is 5. The second-order valence-corrected chi connectivity index (χ2v) is 10.6. The van der Waals surface area contributed by atoms with Crippen LogP contribution in [0.25, 0.3) is 0 Å². The zero-order chi connectivity index (χ0) is 31.5. The molecule has 0 radical (unpaired) electrons. The molecule has 0 saturated carbocycles. The first kappa shape index (κ1) is 32.8. The average Bonchev–Trinajstić information content (AvgIpc) is 3.29. The number of hydrogen-bond donors (Lipinski definition) is 3. The van der Waals surface area contributed by atoms with Crippen LogP contribution in [0.15, 0.2) is 60.7 Å². The van der Waals surface area contributed by atoms with E-state index in [0.717, 1.165) is 44.3 Å². The minimum absolute atomic E-state index is 0.0330. The van der Waals surface area contributed by atoms with E-state index in [1.54, 1.807) is 30.6 Å². The zero-order valence-corrected chi connectivity index (χ0v) is 27.4. The molecule has 2 N–H and O–H groups in total. The van der Waals surface area contributed by atoms with Gasteiger partial charge in [-0.15, -0.1) is 0 Å². The Morgan fingerprint density at radius 3 is 2.42 bits per heavy atom. The first-order chi connectivity index (χ1) is 20.8. The van der Waals surface area contributed by atoms with Crippen molar-refractivity contribution in [2.45, 2.75) is 44.1 Å². The van der Waals surface area contributed by atoms with Crippen molar-refractivity contribution in [1.82, 2.24) is 0 Å². The van der Waals surface area contributed by atoms with Crippen LogP contribution in [-0.2, 0) is 39.2 Å². The van der Waals surface area contributed by atoms with Crippen molar-refractivity contribution >= 4 is 57.8 Å². The summed E-state index contributed by atoms with van der Waals surface area (Å²) in [5, 5.41) is 20.2. The molecule has 1 unspecified atom stereocenters. The van der Waals surface area contributed by atoms with E-state index in [1.165, 1.54) is 17.3 Å². The molecule has 43 heavy (non-hydrogen) atoms. The molecule has 10 heteroatoms. The first-order valence-corrected chi connectivity index (χ1v) is 16.8. The fraction of sp³-hybridized carbons (Fsp3) is 0.333. The number of aryl methyl sites for hydroxylation is 2. The predicted molar refractivity (Wildman–Crippen MR) is 178 cm³/mol. The summed E-state index contributed by atoms with van der Waals surface area (Å²) in [6.45, 7) is 9.61. The van der Waals surface area contributed by atoms with Crippen molar-refractivity contribution in [3.05, 3.63) is 93.6 Å². The number of benzene rings is 2. The lowest BCUT2D eigenvalue weighted by molar-refractivity contribution is -0.143. The number of carbonyl (C=O) groups excluding carboxylic acids is 1. The molecule has 0 amide bonds. The second-order valence-electron chi connectivity index (χ2n) is 10.2. The van der Waals surface area contributed by atoms with Gasteiger partial charge >= 0.3 is 11.9 Å². The number of hydrogen-bond acceptors (Lipinski definition) is 7. The molecule has 7 nitrogen and oxygen atoms in total. The summed E-state index contributed by atoms with van der Waals surface area (Å²) in [7, 11) is 0. The van der Waals surface area contributed by atoms with Crippen molar-refractivity contribution < 1.29 is 29.3 Å². The Balaban J connectivity index is 0.00000102. The summed E-state index contributed by atoms with van der Waals surface area (Å²) >= 11 is 13.2. The molecule has 228 valence electrons. The number of phenols is 1. The number of phenolic OH excluding ortho intramolecular Hbond substituents is 1. The average molecular weight is 689 g/mol. The van der Waals surface area contributed by atoms with Crippen LogP contribution in [0, 0.1) is 0 Å². The molecule has 2 aromatic carbocycles. The number of esters is 1. The molecule has 0 bridgehead atoms. The highest BCUT2D eigenvalue weighted by atomic mass is 79.9. The quantitative estimate of drug-likeness (QED) is 0.130. The maximum Gasteiger partial charge on any atom is 0.340 e. The van der Waals surface area contributed by atoms with E-state index >= 15 is 0 Å². The molecule has 6 rings (SSSR count). The number of carbonyl (C=O) groups is 2. The Morgan fingerprint density at radius 2 is 1.77 bits per heavy atom. The summed E-state index contributed by atoms with van der Waals surface area (Å²) in [6, 6.07) is 3.73. The van der Waals surface area contributed by atoms with E-state index < -0.39 is 17.5 Å². The fourth-order valence-electron chi connectivity index (χ4n) is 6.47. The lowest BCUT2D eigenvalue weighted by atomic mass is 9.73. The van der Waals surface area contributed by atoms with Gasteiger partial charge in [-0.2, -0.15) is 12.6 Å². The molecule has 1 fully saturated rings. The second kappa shape index (κ2) is 13.7. The van der Waals surface area contributed by atoms with Crippen LogP contribution in [0.1, 0.15) is 47.1 Å². The number of nitrogens with zero attached hydrogens (tertiary/aromatic N) is 1. The van der Waals surface area contributed by atoms with Gasteiger partial charge in [-0.05, 0) is 73.5 Å². The normalized spacial score (nSPS) is 20.9. The van der Waals surface area contributed by atoms with Gasteiger partial charge in [-0.25, -0.2) is 4.79 Å². The van der Waals surface area contributed by atoms with Gasteiger partial charge in [0.15, 0.2) is 11.4 Å². The van der Waals surface area contributed by atoms with Gasteiger partial charge < -0.3 is 24.6 Å². The lowest BCUT2D eigenvalue weighted by Crippen LogP contribution is -2.38. The highest BCUT2D eigenvalue weighted by molar-refractivity contribution is 9.08. The standard InChI is InChI=1S/C31H28ClNO6.CH3Br.CH4S/c1-3-7-19-21(8-4-2)31(39-30(19)37)22-15-17-9-5-13-33-14-6-10-20(26(17)33)28(22)38-29-23(31)16-18(11-12-24(34)35)27(36)25(29)32;2*1-2/h3-4,7-8,15-16,36H,1-2,5-6,9-14H2,(H,34,35);1H3;2H,1H3/b19-7+,21-8+;;. The molecule has 4 aliphatic heterocycles. The first-order valence-electron chi connectivity index (χ1n) is 13.9. The van der Waals surface area contributed by atoms with Crippen LogP contribution in [-0.4, -0.2) is 47.3 Å². The SMILES string of the molecule is C=C/C=C1/C(=O)OC2(/C1=C/C=C)c1cc(CCC(=O)O)c(O)c(Cl)c1Oc1c2cc2c3c1CCCN3CCC2.CBr.CS. The van der Waals surface area contributed by atoms with Crippen LogP contribution in [0.2, 0.25) is 5.02 Å². The molecule has 1 saturated heterocycles. The number of halogens is 2. The number of alkyl halides is 1. The van der Waals surface area contributed by atoms with E-state index in [-0.39, 0.29) is 29.4 Å². The molecule has 2 aromatic rings. The molecule has 1 spiro atoms. The maximum atomic E-state index is 13.5. The maximum absolute atomic E-state index is 13.5. The topological polar surface area (TPSA) is 96.3 Å². The highest BCUT2D eigenvalue weighted by Gasteiger charge is 2.57. The van der Waals surface area contributed by atoms with Crippen molar-refractivity contribution in [2.24, 2.45) is 0 Å². The summed E-state index contributed by atoms with van der Waals surface area (Å²) < 4.78 is 12.9. The van der Waals surface area contributed by atoms with Crippen LogP contribution >= 0.6 is 40.2 Å². The van der Waals surface area contributed by atoms with Crippen molar-refractivity contribution in [1.29, 1.82) is 0 Å². The Hall–Kier alpha value is -3.14. The van der Waals surface area contributed by atoms with Crippen LogP contribution in [0.4, 0.5) is 5.69 Å². The number of aliphatic carboxylic acids is 1. The zero-order valence-electron chi connectivity index (χ0n) is 24.2. The van der Waals surface area contributed by atoms with Gasteiger partial charge in [0.2, 0.25) is 0 Å². The highest BCUT2D eigenvalue weighted by Crippen LogP contribution is 2.62. The number of rotatable bonds is 5. The molecule has 4 heterocycles. The van der Waals surface area contributed by atoms with Crippen molar-refractivity contribution in [2.75, 3.05) is 30.1 Å². The molecule has 0 aromatic heterocycles. The summed E-state index contributed by atoms with van der Waals surface area (Å²) in [6.07, 6.45) is 11.7. The molecule has 0 aliphatic carbocycles. The Labute approximate surface area is 271 Å². The molecule has 4 aliphatic rings. The lowest BCUT2D eigenvalue weighted by Gasteiger charge is -2.43. The number of ether oxygens (including phenoxy) is 2. The number of thiol groups is 1. The van der Waals surface area contributed by atoms with Gasteiger partial charge in [-0.3, -0.25) is 4.79 Å². The van der Waals surface area contributed by atoms with E-state index in [0.29, 0.717) is 33.6 Å². The van der Waals surface area contributed by atoms with Crippen LogP contribution < -0.4 is 9.64 Å². The third-order valence-corrected chi connectivity index (χ3v) is 8.37. The van der Waals surface area contributed by atoms with Crippen molar-refractivity contribution in [3.8, 4) is 17.2 Å². The molecular formula is C33H35BrClNO6S. The van der Waals surface area contributed by atoms with Gasteiger partial charge in [0.1, 0.15) is 16.5 Å². The van der Waals surface area contributed by atoms with Crippen LogP contribution in [0.3, 0.4) is 0 Å². The van der Waals surface area contributed by atoms with Gasteiger partial charge in [0.25, 0.3) is 0 Å². The van der Waals surface area contributed by atoms with Gasteiger partial charge in [0.05, 0.1) is 5.57 Å². The smallest absolute Gasteiger partial charge is 0.340 e. The number of carboxylic acid groups (broad SMARTS) is 1. The predicted octanol–water partition coefficient (Wildman–Crippen LogP) is 7.45. The van der Waals surface area contributed by atoms with E-state index in [2.05, 4.69) is 52.7 Å². The largest absolute Gasteiger partial charge is 0.506 e. The van der Waals surface area contributed by atoms with Crippen molar-refractivity contribution in [3.63, 3.8) is 0 Å². The number of anilines is 1. The minimum atomic E-state index is -1.44. The van der Waals surface area contributed by atoms with E-state index in [4.69, 9.17) is 21.1 Å². The molecule has 1 atom stereocenters. The van der Waals surface area contributed by atoms with Gasteiger partial charge in [-0.1, -0.05) is 58.9 Å². The Bertz CT molecular complexity index is 1550. The fourth-order valence-corrected chi connectivity index (χ4v) is 6.74. The Kier molecular flexibility index (Phi) is 10.4. The third kappa shape index (κ3) is 5.40. The number of aromatic hydroxyl groups is 1. The summed E-state index contributed by atoms with van der Waals surface area (Å²) in [5.41, 5.74) is 4.27. The van der Waals surface area contributed by atoms with E-state index in [9.17, 15) is 19.8 Å². The molecular weight excluding hydrogens is 654 g/mol.